The Balaban J connectivity index is 2.35. The molecule has 5 nitrogen and oxygen atoms in total. The van der Waals surface area contributed by atoms with Crippen molar-refractivity contribution in [3.8, 4) is 5.69 Å². The normalized spacial score (nSPS) is 13.9. The molecule has 2 aromatic rings. The van der Waals surface area contributed by atoms with Crippen LogP contribution in [0, 0.1) is 25.5 Å². The highest BCUT2D eigenvalue weighted by Gasteiger charge is 2.21. The number of benzene rings is 1. The molecule has 0 unspecified atom stereocenters. The second-order valence-corrected chi connectivity index (χ2v) is 6.86. The minimum atomic E-state index is -0.0663. The Morgan fingerprint density at radius 2 is 1.74 bits per heavy atom. The van der Waals surface area contributed by atoms with E-state index in [0.29, 0.717) is 9.76 Å². The van der Waals surface area contributed by atoms with Gasteiger partial charge in [-0.3, -0.25) is 4.68 Å². The SMILES string of the molecule is Cc1cc(C(N)=S)c(C)c(C)c1-n1c(=O)n2n(c1=S)CCCC2. The largest absolute Gasteiger partial charge is 0.389 e. The molecular weight excluding hydrogens is 328 g/mol. The van der Waals surface area contributed by atoms with Gasteiger partial charge in [0.2, 0.25) is 4.77 Å². The highest BCUT2D eigenvalue weighted by atomic mass is 32.1. The average molecular weight is 348 g/mol. The van der Waals surface area contributed by atoms with Gasteiger partial charge >= 0.3 is 5.69 Å². The minimum absolute atomic E-state index is 0.0663. The van der Waals surface area contributed by atoms with Crippen molar-refractivity contribution in [3.05, 3.63) is 43.6 Å². The van der Waals surface area contributed by atoms with Crippen LogP contribution >= 0.6 is 24.4 Å². The van der Waals surface area contributed by atoms with Crippen molar-refractivity contribution in [2.45, 2.75) is 46.7 Å². The van der Waals surface area contributed by atoms with Crippen LogP contribution in [0.2, 0.25) is 0 Å². The van der Waals surface area contributed by atoms with Crippen molar-refractivity contribution in [1.29, 1.82) is 0 Å². The van der Waals surface area contributed by atoms with E-state index in [1.165, 1.54) is 0 Å². The van der Waals surface area contributed by atoms with Crippen molar-refractivity contribution in [2.75, 3.05) is 0 Å². The third-order valence-electron chi connectivity index (χ3n) is 4.65. The van der Waals surface area contributed by atoms with Crippen LogP contribution < -0.4 is 11.4 Å². The molecule has 0 saturated carbocycles. The summed E-state index contributed by atoms with van der Waals surface area (Å²) in [6, 6.07) is 1.95. The Kier molecular flexibility index (Phi) is 4.01. The number of hydrogen-bond donors (Lipinski definition) is 1. The summed E-state index contributed by atoms with van der Waals surface area (Å²) in [6.45, 7) is 7.44. The van der Waals surface area contributed by atoms with E-state index in [-0.39, 0.29) is 5.69 Å². The first-order chi connectivity index (χ1) is 10.8. The minimum Gasteiger partial charge on any atom is -0.389 e. The van der Waals surface area contributed by atoms with Gasteiger partial charge in [-0.05, 0) is 68.6 Å². The molecule has 0 saturated heterocycles. The number of nitrogens with two attached hydrogens (primary N) is 1. The summed E-state index contributed by atoms with van der Waals surface area (Å²) in [5.41, 5.74) is 10.4. The predicted molar refractivity (Wildman–Crippen MR) is 98.2 cm³/mol. The number of fused-ring (bicyclic) bond motifs is 1. The third kappa shape index (κ3) is 2.38. The van der Waals surface area contributed by atoms with Gasteiger partial charge in [-0.1, -0.05) is 12.2 Å². The summed E-state index contributed by atoms with van der Waals surface area (Å²) in [5.74, 6) is 0. The first-order valence-corrected chi connectivity index (χ1v) is 8.50. The number of aromatic nitrogens is 3. The number of thiocarbonyl (C=S) groups is 1. The zero-order chi connectivity index (χ0) is 16.9. The second-order valence-electron chi connectivity index (χ2n) is 6.06. The van der Waals surface area contributed by atoms with Crippen LogP contribution in [0.1, 0.15) is 35.1 Å². The van der Waals surface area contributed by atoms with Crippen molar-refractivity contribution in [2.24, 2.45) is 5.73 Å². The van der Waals surface area contributed by atoms with Gasteiger partial charge in [-0.2, -0.15) is 0 Å². The first-order valence-electron chi connectivity index (χ1n) is 7.68. The molecule has 2 N–H and O–H groups in total. The van der Waals surface area contributed by atoms with Gasteiger partial charge < -0.3 is 5.73 Å². The molecule has 0 spiro atoms. The van der Waals surface area contributed by atoms with Gasteiger partial charge in [0.25, 0.3) is 0 Å². The molecule has 7 heteroatoms. The number of aryl methyl sites for hydroxylation is 1. The zero-order valence-corrected chi connectivity index (χ0v) is 15.2. The Morgan fingerprint density at radius 1 is 1.13 bits per heavy atom. The van der Waals surface area contributed by atoms with Crippen LogP contribution in [0.3, 0.4) is 0 Å². The molecule has 1 aromatic carbocycles. The lowest BCUT2D eigenvalue weighted by atomic mass is 9.97. The van der Waals surface area contributed by atoms with Crippen LogP contribution in [-0.4, -0.2) is 18.9 Å². The molecule has 0 aliphatic carbocycles. The molecular formula is C16H20N4OS2. The Hall–Kier alpha value is -1.73. The summed E-state index contributed by atoms with van der Waals surface area (Å²) in [7, 11) is 0. The number of rotatable bonds is 2. The summed E-state index contributed by atoms with van der Waals surface area (Å²) in [5, 5.41) is 0. The third-order valence-corrected chi connectivity index (χ3v) is 5.26. The zero-order valence-electron chi connectivity index (χ0n) is 13.5. The molecule has 0 radical (unpaired) electrons. The van der Waals surface area contributed by atoms with Gasteiger partial charge in [0.1, 0.15) is 4.99 Å². The van der Waals surface area contributed by atoms with E-state index in [0.717, 1.165) is 53.9 Å². The molecule has 0 bridgehead atoms. The van der Waals surface area contributed by atoms with E-state index >= 15 is 0 Å². The Bertz CT molecular complexity index is 896. The Labute approximate surface area is 145 Å². The summed E-state index contributed by atoms with van der Waals surface area (Å²) < 4.78 is 5.88. The maximum absolute atomic E-state index is 12.9. The molecule has 1 aromatic heterocycles. The molecule has 0 fully saturated rings. The van der Waals surface area contributed by atoms with Gasteiger partial charge in [0.05, 0.1) is 5.69 Å². The van der Waals surface area contributed by atoms with Gasteiger partial charge in [0, 0.05) is 18.7 Å². The van der Waals surface area contributed by atoms with E-state index in [9.17, 15) is 4.79 Å². The highest BCUT2D eigenvalue weighted by molar-refractivity contribution is 7.80. The molecule has 1 aliphatic rings. The molecule has 2 heterocycles. The van der Waals surface area contributed by atoms with Crippen LogP contribution in [0.4, 0.5) is 0 Å². The topological polar surface area (TPSA) is 57.9 Å². The maximum atomic E-state index is 12.9. The maximum Gasteiger partial charge on any atom is 0.349 e. The van der Waals surface area contributed by atoms with E-state index in [2.05, 4.69) is 0 Å². The van der Waals surface area contributed by atoms with Gasteiger partial charge in [-0.15, -0.1) is 0 Å². The molecule has 23 heavy (non-hydrogen) atoms. The lowest BCUT2D eigenvalue weighted by molar-refractivity contribution is 0.352. The first kappa shape index (κ1) is 16.1. The monoisotopic (exact) mass is 348 g/mol. The number of hydrogen-bond acceptors (Lipinski definition) is 3. The predicted octanol–water partition coefficient (Wildman–Crippen LogP) is 2.52. The fourth-order valence-corrected chi connectivity index (χ4v) is 3.91. The summed E-state index contributed by atoms with van der Waals surface area (Å²) in [6.07, 6.45) is 2.06. The van der Waals surface area contributed by atoms with E-state index in [1.807, 2.05) is 31.5 Å². The average Bonchev–Trinajstić information content (AvgIpc) is 2.76. The molecule has 122 valence electrons. The van der Waals surface area contributed by atoms with Crippen LogP contribution in [-0.2, 0) is 13.1 Å². The Morgan fingerprint density at radius 3 is 2.30 bits per heavy atom. The highest BCUT2D eigenvalue weighted by Crippen LogP contribution is 2.25. The van der Waals surface area contributed by atoms with Crippen molar-refractivity contribution >= 4 is 29.4 Å². The molecule has 3 rings (SSSR count). The van der Waals surface area contributed by atoms with E-state index < -0.39 is 0 Å². The fraction of sp³-hybridized carbons (Fsp3) is 0.438. The van der Waals surface area contributed by atoms with Crippen LogP contribution in [0.25, 0.3) is 5.69 Å². The van der Waals surface area contributed by atoms with Gasteiger partial charge in [-0.25, -0.2) is 14.0 Å². The summed E-state index contributed by atoms with van der Waals surface area (Å²) in [4.78, 5) is 13.2. The van der Waals surface area contributed by atoms with Gasteiger partial charge in [0.15, 0.2) is 0 Å². The molecule has 0 atom stereocenters. The smallest absolute Gasteiger partial charge is 0.349 e. The van der Waals surface area contributed by atoms with Crippen molar-refractivity contribution in [3.63, 3.8) is 0 Å². The lowest BCUT2D eigenvalue weighted by Gasteiger charge is -2.16. The van der Waals surface area contributed by atoms with Crippen molar-refractivity contribution in [1.82, 2.24) is 13.9 Å². The van der Waals surface area contributed by atoms with E-state index in [1.54, 1.807) is 9.25 Å². The van der Waals surface area contributed by atoms with Crippen LogP contribution in [0.15, 0.2) is 10.9 Å². The lowest BCUT2D eigenvalue weighted by Crippen LogP contribution is -2.30. The standard InChI is InChI=1S/C16H20N4OS2/c1-9-8-12(14(17)22)10(2)11(3)13(9)20-15(21)18-6-4-5-7-19(18)16(20)23/h8H,4-7H2,1-3H3,(H2,17,22). The second kappa shape index (κ2) is 5.72. The fourth-order valence-electron chi connectivity index (χ4n) is 3.33. The van der Waals surface area contributed by atoms with E-state index in [4.69, 9.17) is 30.2 Å². The quantitative estimate of drug-likeness (QED) is 0.848. The number of nitrogens with zero attached hydrogens (tertiary/aromatic N) is 3. The molecule has 1 aliphatic heterocycles. The summed E-state index contributed by atoms with van der Waals surface area (Å²) >= 11 is 10.7. The van der Waals surface area contributed by atoms with Crippen LogP contribution in [0.5, 0.6) is 0 Å². The molecule has 0 amide bonds. The van der Waals surface area contributed by atoms with Crippen molar-refractivity contribution < 1.29 is 0 Å².